The van der Waals surface area contributed by atoms with Crippen LogP contribution < -0.4 is 4.74 Å². The molecule has 0 bridgehead atoms. The van der Waals surface area contributed by atoms with Gasteiger partial charge in [-0.05, 0) is 59.6 Å². The Labute approximate surface area is 252 Å². The van der Waals surface area contributed by atoms with Crippen molar-refractivity contribution in [2.75, 3.05) is 6.54 Å². The zero-order valence-electron chi connectivity index (χ0n) is 24.0. The number of nitro benzene ring substituents is 1. The largest absolute Gasteiger partial charge is 0.489 e. The normalized spacial score (nSPS) is 19.9. The fourth-order valence-corrected chi connectivity index (χ4v) is 6.81. The summed E-state index contributed by atoms with van der Waals surface area (Å²) < 4.78 is 7.01. The molecule has 1 aliphatic heterocycles. The Bertz CT molecular complexity index is 1520. The number of hydrogen-bond donors (Lipinski definition) is 1. The standard InChI is InChI=1S/C32H33BrN2O7/c1-31(2)12-22-29(24(36)14-31)28(30-23(34(22)16-27(38)39)13-32(3,4)15-25(30)37)21-11-19(33)7-10-26(21)42-17-18-5-8-20(9-6-18)35(40)41/h5-11,28H,12-17H2,1-4H3,(H,38,39). The molecule has 0 atom stereocenters. The number of carboxylic acid groups (broad SMARTS) is 1. The number of hydrogen-bond acceptors (Lipinski definition) is 7. The second-order valence-corrected chi connectivity index (χ2v) is 13.8. The molecule has 0 radical (unpaired) electrons. The smallest absolute Gasteiger partial charge is 0.323 e. The first-order chi connectivity index (χ1) is 19.7. The third kappa shape index (κ3) is 5.77. The van der Waals surface area contributed by atoms with E-state index < -0.39 is 16.8 Å². The maximum Gasteiger partial charge on any atom is 0.323 e. The van der Waals surface area contributed by atoms with Gasteiger partial charge in [0.1, 0.15) is 18.9 Å². The Balaban J connectivity index is 1.67. The Morgan fingerprint density at radius 2 is 1.52 bits per heavy atom. The molecule has 2 aromatic carbocycles. The molecule has 0 amide bonds. The van der Waals surface area contributed by atoms with E-state index >= 15 is 0 Å². The molecule has 0 fully saturated rings. The van der Waals surface area contributed by atoms with Crippen molar-refractivity contribution in [2.45, 2.75) is 65.9 Å². The van der Waals surface area contributed by atoms with Crippen LogP contribution in [0.4, 0.5) is 5.69 Å². The van der Waals surface area contributed by atoms with Crippen LogP contribution in [0.1, 0.15) is 70.4 Å². The molecule has 2 aromatic rings. The first-order valence-electron chi connectivity index (χ1n) is 13.8. The third-order valence-electron chi connectivity index (χ3n) is 8.14. The summed E-state index contributed by atoms with van der Waals surface area (Å²) in [6.07, 6.45) is 1.55. The van der Waals surface area contributed by atoms with Gasteiger partial charge < -0.3 is 14.7 Å². The van der Waals surface area contributed by atoms with Crippen LogP contribution in [-0.2, 0) is 21.0 Å². The van der Waals surface area contributed by atoms with E-state index in [0.29, 0.717) is 46.7 Å². The lowest BCUT2D eigenvalue weighted by Gasteiger charge is -2.48. The van der Waals surface area contributed by atoms with Crippen LogP contribution in [0.25, 0.3) is 0 Å². The summed E-state index contributed by atoms with van der Waals surface area (Å²) in [5.74, 6) is -1.48. The third-order valence-corrected chi connectivity index (χ3v) is 8.63. The molecule has 2 aliphatic carbocycles. The van der Waals surface area contributed by atoms with Gasteiger partial charge >= 0.3 is 5.97 Å². The van der Waals surface area contributed by atoms with Crippen LogP contribution in [0.5, 0.6) is 5.75 Å². The maximum atomic E-state index is 14.0. The Hall–Kier alpha value is -3.79. The van der Waals surface area contributed by atoms with E-state index in [0.717, 1.165) is 10.0 Å². The minimum absolute atomic E-state index is 0.0207. The van der Waals surface area contributed by atoms with Crippen LogP contribution >= 0.6 is 15.9 Å². The molecular weight excluding hydrogens is 604 g/mol. The number of Topliss-reactive ketones (excluding diaryl/α,β-unsaturated/α-hetero) is 2. The number of ether oxygens (including phenoxy) is 1. The highest BCUT2D eigenvalue weighted by molar-refractivity contribution is 9.10. The molecule has 0 saturated heterocycles. The predicted octanol–water partition coefficient (Wildman–Crippen LogP) is 6.71. The van der Waals surface area contributed by atoms with Crippen molar-refractivity contribution < 1.29 is 29.2 Å². The van der Waals surface area contributed by atoms with Gasteiger partial charge in [0, 0.05) is 63.5 Å². The SMILES string of the molecule is CC1(C)CC(=O)C2=C(C1)N(CC(=O)O)C1=C(C(=O)CC(C)(C)C1)C2c1cc(Br)ccc1OCc1ccc([N+](=O)[O-])cc1. The van der Waals surface area contributed by atoms with E-state index in [2.05, 4.69) is 15.9 Å². The number of non-ortho nitro benzene ring substituents is 1. The number of allylic oxidation sites excluding steroid dienone is 4. The molecule has 3 aliphatic rings. The van der Waals surface area contributed by atoms with Gasteiger partial charge in [0.25, 0.3) is 5.69 Å². The van der Waals surface area contributed by atoms with E-state index in [1.807, 2.05) is 39.8 Å². The van der Waals surface area contributed by atoms with E-state index in [9.17, 15) is 29.6 Å². The lowest BCUT2D eigenvalue weighted by Crippen LogP contribution is -2.45. The summed E-state index contributed by atoms with van der Waals surface area (Å²) in [6, 6.07) is 11.5. The molecular formula is C32H33BrN2O7. The van der Waals surface area contributed by atoms with E-state index in [-0.39, 0.29) is 54.1 Å². The number of nitro groups is 1. The minimum Gasteiger partial charge on any atom is -0.489 e. The molecule has 0 spiro atoms. The van der Waals surface area contributed by atoms with Gasteiger partial charge in [-0.15, -0.1) is 0 Å². The van der Waals surface area contributed by atoms with E-state index in [1.54, 1.807) is 23.1 Å². The Morgan fingerprint density at radius 3 is 2.02 bits per heavy atom. The summed E-state index contributed by atoms with van der Waals surface area (Å²) in [4.78, 5) is 52.3. The van der Waals surface area contributed by atoms with Crippen LogP contribution in [0.3, 0.4) is 0 Å². The molecule has 42 heavy (non-hydrogen) atoms. The molecule has 0 saturated carbocycles. The fourth-order valence-electron chi connectivity index (χ4n) is 6.44. The van der Waals surface area contributed by atoms with Gasteiger partial charge in [0.2, 0.25) is 0 Å². The number of carboxylic acids is 1. The van der Waals surface area contributed by atoms with Crippen LogP contribution in [0.15, 0.2) is 69.5 Å². The number of aliphatic carboxylic acids is 1. The lowest BCUT2D eigenvalue weighted by atomic mass is 9.63. The van der Waals surface area contributed by atoms with Crippen molar-refractivity contribution in [3.8, 4) is 5.75 Å². The van der Waals surface area contributed by atoms with Crippen molar-refractivity contribution >= 4 is 39.2 Å². The summed E-state index contributed by atoms with van der Waals surface area (Å²) in [6.45, 7) is 7.78. The molecule has 5 rings (SSSR count). The summed E-state index contributed by atoms with van der Waals surface area (Å²) in [5, 5.41) is 21.0. The summed E-state index contributed by atoms with van der Waals surface area (Å²) in [7, 11) is 0. The van der Waals surface area contributed by atoms with Crippen LogP contribution in [0.2, 0.25) is 0 Å². The monoisotopic (exact) mass is 636 g/mol. The number of ketones is 2. The van der Waals surface area contributed by atoms with Gasteiger partial charge in [-0.1, -0.05) is 43.6 Å². The average Bonchev–Trinajstić information content (AvgIpc) is 2.87. The number of halogens is 1. The average molecular weight is 638 g/mol. The number of nitrogens with zero attached hydrogens (tertiary/aromatic N) is 2. The summed E-state index contributed by atoms with van der Waals surface area (Å²) >= 11 is 3.56. The highest BCUT2D eigenvalue weighted by atomic mass is 79.9. The number of carbonyl (C=O) groups is 3. The Kier molecular flexibility index (Phi) is 7.64. The topological polar surface area (TPSA) is 127 Å². The van der Waals surface area contributed by atoms with Gasteiger partial charge in [0.05, 0.1) is 4.92 Å². The van der Waals surface area contributed by atoms with E-state index in [4.69, 9.17) is 4.74 Å². The molecule has 0 unspecified atom stereocenters. The second-order valence-electron chi connectivity index (χ2n) is 12.9. The maximum absolute atomic E-state index is 14.0. The molecule has 0 aromatic heterocycles. The quantitative estimate of drug-likeness (QED) is 0.262. The number of benzene rings is 2. The first kappa shape index (κ1) is 29.7. The zero-order chi connectivity index (χ0) is 30.6. The number of rotatable bonds is 7. The highest BCUT2D eigenvalue weighted by Crippen LogP contribution is 2.55. The van der Waals surface area contributed by atoms with Gasteiger partial charge in [-0.2, -0.15) is 0 Å². The predicted molar refractivity (Wildman–Crippen MR) is 159 cm³/mol. The van der Waals surface area contributed by atoms with Gasteiger partial charge in [-0.25, -0.2) is 0 Å². The molecule has 10 heteroatoms. The Morgan fingerprint density at radius 1 is 0.976 bits per heavy atom. The molecule has 220 valence electrons. The fraction of sp³-hybridized carbons (Fsp3) is 0.406. The highest BCUT2D eigenvalue weighted by Gasteiger charge is 2.49. The molecule has 1 N–H and O–H groups in total. The zero-order valence-corrected chi connectivity index (χ0v) is 25.6. The first-order valence-corrected chi connectivity index (χ1v) is 14.6. The van der Waals surface area contributed by atoms with Crippen LogP contribution in [0, 0.1) is 20.9 Å². The minimum atomic E-state index is -1.03. The van der Waals surface area contributed by atoms with Crippen molar-refractivity contribution in [2.24, 2.45) is 10.8 Å². The number of carbonyl (C=O) groups excluding carboxylic acids is 2. The van der Waals surface area contributed by atoms with E-state index in [1.165, 1.54) is 12.1 Å². The van der Waals surface area contributed by atoms with Crippen molar-refractivity contribution in [1.82, 2.24) is 4.90 Å². The van der Waals surface area contributed by atoms with Crippen molar-refractivity contribution in [1.29, 1.82) is 0 Å². The van der Waals surface area contributed by atoms with Crippen molar-refractivity contribution in [3.63, 3.8) is 0 Å². The summed E-state index contributed by atoms with van der Waals surface area (Å²) in [5.41, 5.74) is 2.82. The molecule has 9 nitrogen and oxygen atoms in total. The van der Waals surface area contributed by atoms with Gasteiger partial charge in [0.15, 0.2) is 11.6 Å². The van der Waals surface area contributed by atoms with Gasteiger partial charge in [-0.3, -0.25) is 24.5 Å². The lowest BCUT2D eigenvalue weighted by molar-refractivity contribution is -0.384. The van der Waals surface area contributed by atoms with Crippen LogP contribution in [-0.4, -0.2) is 39.0 Å². The second kappa shape index (κ2) is 10.8. The molecule has 1 heterocycles. The van der Waals surface area contributed by atoms with Crippen molar-refractivity contribution in [3.05, 3.63) is 90.7 Å².